The van der Waals surface area contributed by atoms with Gasteiger partial charge in [-0.25, -0.2) is 0 Å². The summed E-state index contributed by atoms with van der Waals surface area (Å²) in [5.74, 6) is 0.182. The Labute approximate surface area is 126 Å². The van der Waals surface area contributed by atoms with Gasteiger partial charge in [-0.05, 0) is 51.8 Å². The summed E-state index contributed by atoms with van der Waals surface area (Å²) in [4.78, 5) is 18.4. The highest BCUT2D eigenvalue weighted by Crippen LogP contribution is 2.39. The molecule has 1 heterocycles. The maximum absolute atomic E-state index is 12.2. The van der Waals surface area contributed by atoms with Crippen LogP contribution in [0.4, 0.5) is 0 Å². The van der Waals surface area contributed by atoms with Crippen molar-refractivity contribution >= 4 is 5.91 Å². The van der Waals surface area contributed by atoms with Crippen molar-refractivity contribution in [3.05, 3.63) is 30.1 Å². The number of amides is 1. The molecular weight excluding hydrogens is 264 g/mol. The Kier molecular flexibility index (Phi) is 4.59. The molecule has 1 amide bonds. The topological polar surface area (TPSA) is 69.0 Å². The Morgan fingerprint density at radius 3 is 2.86 bits per heavy atom. The number of nitriles is 1. The zero-order valence-electron chi connectivity index (χ0n) is 12.8. The normalized spacial score (nSPS) is 18.6. The SMILES string of the molecule is C[C@H](c1ccccn1)N(C)CC(=O)N[C@](C)(C#N)C1CC1. The van der Waals surface area contributed by atoms with E-state index in [-0.39, 0.29) is 18.5 Å². The average Bonchev–Trinajstić information content (AvgIpc) is 3.32. The maximum atomic E-state index is 12.2. The summed E-state index contributed by atoms with van der Waals surface area (Å²) >= 11 is 0. The van der Waals surface area contributed by atoms with Crippen LogP contribution in [-0.2, 0) is 4.79 Å². The maximum Gasteiger partial charge on any atom is 0.235 e. The van der Waals surface area contributed by atoms with Gasteiger partial charge in [-0.15, -0.1) is 0 Å². The molecule has 0 unspecified atom stereocenters. The van der Waals surface area contributed by atoms with Crippen molar-refractivity contribution in [2.45, 2.75) is 38.3 Å². The lowest BCUT2D eigenvalue weighted by Gasteiger charge is -2.27. The molecule has 1 aromatic heterocycles. The minimum absolute atomic E-state index is 0.0474. The molecule has 0 bridgehead atoms. The summed E-state index contributed by atoms with van der Waals surface area (Å²) in [6.07, 6.45) is 3.79. The molecule has 0 aromatic carbocycles. The number of nitrogens with one attached hydrogen (secondary N) is 1. The van der Waals surface area contributed by atoms with Crippen LogP contribution in [0.2, 0.25) is 0 Å². The third kappa shape index (κ3) is 3.79. The first-order chi connectivity index (χ1) is 9.96. The first kappa shape index (κ1) is 15.5. The average molecular weight is 286 g/mol. The number of carbonyl (C=O) groups excluding carboxylic acids is 1. The van der Waals surface area contributed by atoms with Crippen molar-refractivity contribution in [2.75, 3.05) is 13.6 Å². The molecule has 2 atom stereocenters. The zero-order chi connectivity index (χ0) is 15.5. The van der Waals surface area contributed by atoms with Gasteiger partial charge in [0.2, 0.25) is 5.91 Å². The monoisotopic (exact) mass is 286 g/mol. The van der Waals surface area contributed by atoms with E-state index in [0.29, 0.717) is 5.92 Å². The molecule has 0 aliphatic heterocycles. The van der Waals surface area contributed by atoms with Gasteiger partial charge in [-0.1, -0.05) is 6.07 Å². The Hall–Kier alpha value is -1.93. The second kappa shape index (κ2) is 6.23. The smallest absolute Gasteiger partial charge is 0.235 e. The molecule has 1 aliphatic carbocycles. The lowest BCUT2D eigenvalue weighted by atomic mass is 9.98. The number of nitrogens with zero attached hydrogens (tertiary/aromatic N) is 3. The predicted octanol–water partition coefficient (Wildman–Crippen LogP) is 1.88. The predicted molar refractivity (Wildman–Crippen MR) is 80.2 cm³/mol. The quantitative estimate of drug-likeness (QED) is 0.867. The molecule has 0 radical (unpaired) electrons. The largest absolute Gasteiger partial charge is 0.337 e. The fourth-order valence-corrected chi connectivity index (χ4v) is 2.42. The van der Waals surface area contributed by atoms with Crippen LogP contribution in [0.25, 0.3) is 0 Å². The van der Waals surface area contributed by atoms with E-state index in [1.807, 2.05) is 44.0 Å². The van der Waals surface area contributed by atoms with Gasteiger partial charge in [0.25, 0.3) is 0 Å². The van der Waals surface area contributed by atoms with Crippen LogP contribution in [0.1, 0.15) is 38.4 Å². The van der Waals surface area contributed by atoms with Crippen molar-refractivity contribution in [2.24, 2.45) is 5.92 Å². The molecule has 1 N–H and O–H groups in total. The third-order valence-electron chi connectivity index (χ3n) is 4.20. The Morgan fingerprint density at radius 1 is 1.62 bits per heavy atom. The summed E-state index contributed by atoms with van der Waals surface area (Å²) in [6, 6.07) is 8.05. The second-order valence-electron chi connectivity index (χ2n) is 5.98. The minimum atomic E-state index is -0.730. The lowest BCUT2D eigenvalue weighted by molar-refractivity contribution is -0.123. The van der Waals surface area contributed by atoms with E-state index in [1.165, 1.54) is 0 Å². The number of pyridine rings is 1. The summed E-state index contributed by atoms with van der Waals surface area (Å²) in [5, 5.41) is 12.2. The van der Waals surface area contributed by atoms with Crippen LogP contribution in [0.15, 0.2) is 24.4 Å². The standard InChI is InChI=1S/C16H22N4O/c1-12(14-6-4-5-9-18-14)20(3)10-15(21)19-16(2,11-17)13-7-8-13/h4-6,9,12-13H,7-8,10H2,1-3H3,(H,19,21)/t12-,16-/m1/s1. The molecule has 0 spiro atoms. The Balaban J connectivity index is 1.92. The summed E-state index contributed by atoms with van der Waals surface area (Å²) in [5.41, 5.74) is 0.199. The van der Waals surface area contributed by atoms with Crippen LogP contribution >= 0.6 is 0 Å². The van der Waals surface area contributed by atoms with Gasteiger partial charge < -0.3 is 5.32 Å². The molecule has 2 rings (SSSR count). The second-order valence-corrected chi connectivity index (χ2v) is 5.98. The van der Waals surface area contributed by atoms with Gasteiger partial charge in [0.1, 0.15) is 5.54 Å². The number of likely N-dealkylation sites (N-methyl/N-ethyl adjacent to an activating group) is 1. The van der Waals surface area contributed by atoms with E-state index in [1.54, 1.807) is 6.20 Å². The van der Waals surface area contributed by atoms with Gasteiger partial charge in [-0.3, -0.25) is 14.7 Å². The molecular formula is C16H22N4O. The molecule has 5 heteroatoms. The number of rotatable bonds is 6. The van der Waals surface area contributed by atoms with Gasteiger partial charge in [0, 0.05) is 12.2 Å². The number of carbonyl (C=O) groups is 1. The molecule has 1 aromatic rings. The van der Waals surface area contributed by atoms with E-state index < -0.39 is 5.54 Å². The van der Waals surface area contributed by atoms with Crippen molar-refractivity contribution < 1.29 is 4.79 Å². The van der Waals surface area contributed by atoms with E-state index in [4.69, 9.17) is 0 Å². The van der Waals surface area contributed by atoms with Crippen LogP contribution in [0, 0.1) is 17.2 Å². The van der Waals surface area contributed by atoms with E-state index >= 15 is 0 Å². The summed E-state index contributed by atoms with van der Waals surface area (Å²) in [6.45, 7) is 4.08. The van der Waals surface area contributed by atoms with Gasteiger partial charge >= 0.3 is 0 Å². The molecule has 112 valence electrons. The number of hydrogen-bond acceptors (Lipinski definition) is 4. The molecule has 1 fully saturated rings. The fourth-order valence-electron chi connectivity index (χ4n) is 2.42. The lowest BCUT2D eigenvalue weighted by Crippen LogP contribution is -2.50. The highest BCUT2D eigenvalue weighted by molar-refractivity contribution is 5.79. The van der Waals surface area contributed by atoms with Crippen molar-refractivity contribution in [3.63, 3.8) is 0 Å². The van der Waals surface area contributed by atoms with Gasteiger partial charge in [0.05, 0.1) is 18.3 Å². The van der Waals surface area contributed by atoms with Crippen molar-refractivity contribution in [3.8, 4) is 6.07 Å². The molecule has 21 heavy (non-hydrogen) atoms. The van der Waals surface area contributed by atoms with E-state index in [9.17, 15) is 10.1 Å². The Bertz CT molecular complexity index is 535. The highest BCUT2D eigenvalue weighted by atomic mass is 16.2. The fraction of sp³-hybridized carbons (Fsp3) is 0.562. The van der Waals surface area contributed by atoms with Gasteiger partial charge in [-0.2, -0.15) is 5.26 Å². The van der Waals surface area contributed by atoms with E-state index in [2.05, 4.69) is 16.4 Å². The first-order valence-corrected chi connectivity index (χ1v) is 7.29. The molecule has 1 saturated carbocycles. The number of aromatic nitrogens is 1. The first-order valence-electron chi connectivity index (χ1n) is 7.29. The summed E-state index contributed by atoms with van der Waals surface area (Å²) < 4.78 is 0. The van der Waals surface area contributed by atoms with Crippen LogP contribution in [0.5, 0.6) is 0 Å². The zero-order valence-corrected chi connectivity index (χ0v) is 12.8. The van der Waals surface area contributed by atoms with Crippen LogP contribution in [0.3, 0.4) is 0 Å². The molecule has 5 nitrogen and oxygen atoms in total. The summed E-state index contributed by atoms with van der Waals surface area (Å²) in [7, 11) is 1.89. The van der Waals surface area contributed by atoms with Crippen molar-refractivity contribution in [1.29, 1.82) is 5.26 Å². The van der Waals surface area contributed by atoms with E-state index in [0.717, 1.165) is 18.5 Å². The van der Waals surface area contributed by atoms with Crippen LogP contribution < -0.4 is 5.32 Å². The van der Waals surface area contributed by atoms with Crippen molar-refractivity contribution in [1.82, 2.24) is 15.2 Å². The minimum Gasteiger partial charge on any atom is -0.337 e. The third-order valence-corrected chi connectivity index (χ3v) is 4.20. The number of hydrogen-bond donors (Lipinski definition) is 1. The molecule has 0 saturated heterocycles. The molecule has 1 aliphatic rings. The van der Waals surface area contributed by atoms with Gasteiger partial charge in [0.15, 0.2) is 0 Å². The highest BCUT2D eigenvalue weighted by Gasteiger charge is 2.43. The van der Waals surface area contributed by atoms with Crippen LogP contribution in [-0.4, -0.2) is 34.9 Å². The Morgan fingerprint density at radius 2 is 2.33 bits per heavy atom.